The fourth-order valence-electron chi connectivity index (χ4n) is 2.28. The third-order valence-electron chi connectivity index (χ3n) is 3.36. The first kappa shape index (κ1) is 13.6. The number of carbonyl (C=O) groups excluding carboxylic acids is 1. The topological polar surface area (TPSA) is 68.3 Å². The standard InChI is InChI=1S/C15H20N2O2/c1-9-5-6-10(2)13-12(9)11(3)14(19-13)15(18)17-8-4-7-16/h5-6H,4,7-8,16H2,1-3H3,(H,17,18). The summed E-state index contributed by atoms with van der Waals surface area (Å²) in [6.45, 7) is 7.08. The number of benzene rings is 1. The maximum absolute atomic E-state index is 12.1. The summed E-state index contributed by atoms with van der Waals surface area (Å²) >= 11 is 0. The average molecular weight is 260 g/mol. The van der Waals surface area contributed by atoms with E-state index in [-0.39, 0.29) is 5.91 Å². The Labute approximate surface area is 113 Å². The van der Waals surface area contributed by atoms with Crippen molar-refractivity contribution in [3.05, 3.63) is 34.6 Å². The van der Waals surface area contributed by atoms with Crippen molar-refractivity contribution in [1.82, 2.24) is 5.32 Å². The Morgan fingerprint density at radius 1 is 1.26 bits per heavy atom. The zero-order chi connectivity index (χ0) is 14.0. The van der Waals surface area contributed by atoms with E-state index in [1.807, 2.05) is 26.8 Å². The summed E-state index contributed by atoms with van der Waals surface area (Å²) in [6, 6.07) is 4.06. The van der Waals surface area contributed by atoms with Gasteiger partial charge in [0.25, 0.3) is 5.91 Å². The molecule has 4 nitrogen and oxygen atoms in total. The van der Waals surface area contributed by atoms with Crippen molar-refractivity contribution in [3.63, 3.8) is 0 Å². The van der Waals surface area contributed by atoms with Gasteiger partial charge < -0.3 is 15.5 Å². The quantitative estimate of drug-likeness (QED) is 0.830. The third kappa shape index (κ3) is 2.49. The van der Waals surface area contributed by atoms with Gasteiger partial charge in [0, 0.05) is 17.5 Å². The van der Waals surface area contributed by atoms with Gasteiger partial charge in [-0.1, -0.05) is 12.1 Å². The summed E-state index contributed by atoms with van der Waals surface area (Å²) in [5, 5.41) is 3.87. The number of fused-ring (bicyclic) bond motifs is 1. The molecule has 0 saturated heterocycles. The van der Waals surface area contributed by atoms with Crippen LogP contribution in [0.4, 0.5) is 0 Å². The van der Waals surface area contributed by atoms with Crippen LogP contribution in [-0.2, 0) is 0 Å². The molecule has 1 aromatic heterocycles. The zero-order valence-electron chi connectivity index (χ0n) is 11.7. The van der Waals surface area contributed by atoms with Gasteiger partial charge in [-0.15, -0.1) is 0 Å². The molecule has 2 rings (SSSR count). The molecule has 0 bridgehead atoms. The molecule has 0 spiro atoms. The fourth-order valence-corrected chi connectivity index (χ4v) is 2.28. The van der Waals surface area contributed by atoms with Crippen molar-refractivity contribution < 1.29 is 9.21 Å². The molecule has 0 fully saturated rings. The normalized spacial score (nSPS) is 10.9. The second kappa shape index (κ2) is 5.45. The molecule has 1 heterocycles. The molecule has 0 saturated carbocycles. The fraction of sp³-hybridized carbons (Fsp3) is 0.400. The molecule has 0 unspecified atom stereocenters. The first-order chi connectivity index (χ1) is 9.06. The van der Waals surface area contributed by atoms with Gasteiger partial charge in [-0.3, -0.25) is 4.79 Å². The summed E-state index contributed by atoms with van der Waals surface area (Å²) in [7, 11) is 0. The van der Waals surface area contributed by atoms with E-state index in [0.717, 1.165) is 34.1 Å². The van der Waals surface area contributed by atoms with Crippen molar-refractivity contribution in [2.24, 2.45) is 5.73 Å². The highest BCUT2D eigenvalue weighted by Gasteiger charge is 2.19. The zero-order valence-corrected chi connectivity index (χ0v) is 11.7. The van der Waals surface area contributed by atoms with E-state index < -0.39 is 0 Å². The van der Waals surface area contributed by atoms with E-state index in [9.17, 15) is 4.79 Å². The second-order valence-corrected chi connectivity index (χ2v) is 4.86. The monoisotopic (exact) mass is 260 g/mol. The average Bonchev–Trinajstić information content (AvgIpc) is 2.73. The molecule has 4 heteroatoms. The van der Waals surface area contributed by atoms with Crippen molar-refractivity contribution in [2.45, 2.75) is 27.2 Å². The number of nitrogens with one attached hydrogen (secondary N) is 1. The molecule has 0 aliphatic rings. The number of nitrogens with two attached hydrogens (primary N) is 1. The van der Waals surface area contributed by atoms with Crippen LogP contribution in [0.3, 0.4) is 0 Å². The summed E-state index contributed by atoms with van der Waals surface area (Å²) in [5.74, 6) is 0.241. The molecule has 0 aliphatic heterocycles. The minimum Gasteiger partial charge on any atom is -0.450 e. The van der Waals surface area contributed by atoms with E-state index in [1.54, 1.807) is 0 Å². The molecule has 2 aromatic rings. The molecule has 0 radical (unpaired) electrons. The molecule has 1 aromatic carbocycles. The van der Waals surface area contributed by atoms with Crippen LogP contribution in [0, 0.1) is 20.8 Å². The van der Waals surface area contributed by atoms with Crippen LogP contribution in [0.5, 0.6) is 0 Å². The number of hydrogen-bond donors (Lipinski definition) is 2. The van der Waals surface area contributed by atoms with E-state index in [1.165, 1.54) is 0 Å². The van der Waals surface area contributed by atoms with Gasteiger partial charge in [-0.2, -0.15) is 0 Å². The van der Waals surface area contributed by atoms with E-state index >= 15 is 0 Å². The van der Waals surface area contributed by atoms with Gasteiger partial charge in [0.2, 0.25) is 0 Å². The highest BCUT2D eigenvalue weighted by Crippen LogP contribution is 2.30. The number of furan rings is 1. The smallest absolute Gasteiger partial charge is 0.287 e. The molecular weight excluding hydrogens is 240 g/mol. The Balaban J connectivity index is 2.40. The van der Waals surface area contributed by atoms with E-state index in [2.05, 4.69) is 11.4 Å². The van der Waals surface area contributed by atoms with Gasteiger partial charge >= 0.3 is 0 Å². The molecule has 19 heavy (non-hydrogen) atoms. The van der Waals surface area contributed by atoms with Gasteiger partial charge in [0.1, 0.15) is 5.58 Å². The van der Waals surface area contributed by atoms with Gasteiger partial charge in [-0.05, 0) is 44.9 Å². The Kier molecular flexibility index (Phi) is 3.90. The lowest BCUT2D eigenvalue weighted by atomic mass is 10.0. The minimum absolute atomic E-state index is 0.166. The van der Waals surface area contributed by atoms with Crippen LogP contribution in [0.2, 0.25) is 0 Å². The largest absolute Gasteiger partial charge is 0.450 e. The number of hydrogen-bond acceptors (Lipinski definition) is 3. The highest BCUT2D eigenvalue weighted by molar-refractivity contribution is 6.00. The van der Waals surface area contributed by atoms with E-state index in [4.69, 9.17) is 10.2 Å². The summed E-state index contributed by atoms with van der Waals surface area (Å²) in [5.41, 5.74) is 9.29. The maximum atomic E-state index is 12.1. The Hall–Kier alpha value is -1.81. The van der Waals surface area contributed by atoms with Crippen LogP contribution in [0.15, 0.2) is 16.5 Å². The Bertz CT molecular complexity index is 614. The first-order valence-electron chi connectivity index (χ1n) is 6.53. The van der Waals surface area contributed by atoms with E-state index in [0.29, 0.717) is 18.8 Å². The van der Waals surface area contributed by atoms with Crippen molar-refractivity contribution in [1.29, 1.82) is 0 Å². The lowest BCUT2D eigenvalue weighted by molar-refractivity contribution is 0.0927. The van der Waals surface area contributed by atoms with Gasteiger partial charge in [0.05, 0.1) is 0 Å². The van der Waals surface area contributed by atoms with Crippen LogP contribution in [0.25, 0.3) is 11.0 Å². The van der Waals surface area contributed by atoms with Crippen LogP contribution >= 0.6 is 0 Å². The minimum atomic E-state index is -0.166. The number of aryl methyl sites for hydroxylation is 3. The number of amides is 1. The van der Waals surface area contributed by atoms with Crippen LogP contribution < -0.4 is 11.1 Å². The number of carbonyl (C=O) groups is 1. The SMILES string of the molecule is Cc1ccc(C)c2c(C)c(C(=O)NCCCN)oc12. The third-order valence-corrected chi connectivity index (χ3v) is 3.36. The first-order valence-corrected chi connectivity index (χ1v) is 6.53. The van der Waals surface area contributed by atoms with Crippen molar-refractivity contribution in [3.8, 4) is 0 Å². The molecule has 102 valence electrons. The molecule has 0 aliphatic carbocycles. The maximum Gasteiger partial charge on any atom is 0.287 e. The second-order valence-electron chi connectivity index (χ2n) is 4.86. The lowest BCUT2D eigenvalue weighted by Crippen LogP contribution is -2.26. The summed E-state index contributed by atoms with van der Waals surface area (Å²) in [4.78, 5) is 12.1. The molecule has 3 N–H and O–H groups in total. The van der Waals surface area contributed by atoms with Gasteiger partial charge in [-0.25, -0.2) is 0 Å². The van der Waals surface area contributed by atoms with Crippen LogP contribution in [0.1, 0.15) is 33.7 Å². The highest BCUT2D eigenvalue weighted by atomic mass is 16.3. The molecular formula is C15H20N2O2. The van der Waals surface area contributed by atoms with Crippen molar-refractivity contribution in [2.75, 3.05) is 13.1 Å². The summed E-state index contributed by atoms with van der Waals surface area (Å²) < 4.78 is 5.76. The van der Waals surface area contributed by atoms with Crippen LogP contribution in [-0.4, -0.2) is 19.0 Å². The Morgan fingerprint density at radius 2 is 1.95 bits per heavy atom. The molecule has 1 amide bonds. The van der Waals surface area contributed by atoms with Gasteiger partial charge in [0.15, 0.2) is 5.76 Å². The number of rotatable bonds is 4. The Morgan fingerprint density at radius 3 is 2.58 bits per heavy atom. The predicted octanol–water partition coefficient (Wildman–Crippen LogP) is 2.44. The van der Waals surface area contributed by atoms with Crippen molar-refractivity contribution >= 4 is 16.9 Å². The summed E-state index contributed by atoms with van der Waals surface area (Å²) in [6.07, 6.45) is 0.767. The predicted molar refractivity (Wildman–Crippen MR) is 76.4 cm³/mol. The lowest BCUT2D eigenvalue weighted by Gasteiger charge is -2.02. The molecule has 0 atom stereocenters.